The monoisotopic (exact) mass is 162 g/mol. The van der Waals surface area contributed by atoms with E-state index in [2.05, 4.69) is 0 Å². The molecule has 0 saturated carbocycles. The summed E-state index contributed by atoms with van der Waals surface area (Å²) in [4.78, 5) is 0. The third kappa shape index (κ3) is 456. The van der Waals surface area contributed by atoms with Crippen molar-refractivity contribution in [3.8, 4) is 0 Å². The van der Waals surface area contributed by atoms with Crippen molar-refractivity contribution in [3.63, 3.8) is 0 Å². The van der Waals surface area contributed by atoms with Crippen molar-refractivity contribution < 1.29 is 44.7 Å². The maximum Gasteiger partial charge on any atom is 4.00 e. The Morgan fingerprint density at radius 2 is 1.14 bits per heavy atom. The van der Waals surface area contributed by atoms with Crippen LogP contribution in [0.25, 0.3) is 0 Å². The fraction of sp³-hybridized carbons (Fsp3) is 0. The van der Waals surface area contributed by atoms with Crippen LogP contribution in [0.1, 0.15) is 0 Å². The Labute approximate surface area is 55.5 Å². The Hall–Kier alpha value is 0.544. The largest absolute Gasteiger partial charge is 4.00 e. The van der Waals surface area contributed by atoms with E-state index in [1.165, 1.54) is 0 Å². The van der Waals surface area contributed by atoms with Crippen LogP contribution >= 0.6 is 0 Å². The molecule has 5 nitrogen and oxygen atoms in total. The molecule has 0 amide bonds. The predicted octanol–water partition coefficient (Wildman–Crippen LogP) is -2.17. The summed E-state index contributed by atoms with van der Waals surface area (Å²) in [5.41, 5.74) is 0. The van der Waals surface area contributed by atoms with Crippen LogP contribution in [0.15, 0.2) is 0 Å². The van der Waals surface area contributed by atoms with E-state index in [1.54, 1.807) is 0 Å². The van der Waals surface area contributed by atoms with E-state index in [1.807, 2.05) is 0 Å². The molecule has 0 aliphatic rings. The van der Waals surface area contributed by atoms with Gasteiger partial charge in [-0.3, -0.25) is 8.42 Å². The van der Waals surface area contributed by atoms with Crippen molar-refractivity contribution in [2.75, 3.05) is 0 Å². The van der Waals surface area contributed by atoms with Gasteiger partial charge in [-0.1, -0.05) is 0 Å². The zero-order valence-electron chi connectivity index (χ0n) is 3.04. The topological polar surface area (TPSA) is 112 Å². The Balaban J connectivity index is -0.0000000800. The van der Waals surface area contributed by atoms with E-state index in [0.29, 0.717) is 0 Å². The van der Waals surface area contributed by atoms with Gasteiger partial charge >= 0.3 is 21.7 Å². The first kappa shape index (κ1) is 15.6. The first-order valence-corrected chi connectivity index (χ1v) is 2.00. The van der Waals surface area contributed by atoms with Crippen LogP contribution in [-0.4, -0.2) is 23.0 Å². The molecule has 40 valence electrons. The molecule has 0 fully saturated rings. The van der Waals surface area contributed by atoms with Crippen molar-refractivity contribution in [3.05, 3.63) is 0 Å². The fourth-order valence-corrected chi connectivity index (χ4v) is 0. The standard InChI is InChI=1S/H2O4S.H2O.Ti/c1-5(2,3)4;;/h(H2,1,2,3,4);1H2;/q;;+4/p-2. The fourth-order valence-electron chi connectivity index (χ4n) is 0. The van der Waals surface area contributed by atoms with Gasteiger partial charge in [-0.05, 0) is 0 Å². The molecule has 0 spiro atoms. The molecular formula is H2O5STi+2. The Bertz CT molecular complexity index is 91.2. The molecule has 0 bridgehead atoms. The van der Waals surface area contributed by atoms with Crippen LogP contribution in [0.2, 0.25) is 0 Å². The second kappa shape index (κ2) is 4.70. The van der Waals surface area contributed by atoms with Gasteiger partial charge in [-0.25, -0.2) is 0 Å². The van der Waals surface area contributed by atoms with Gasteiger partial charge in [0.2, 0.25) is 0 Å². The summed E-state index contributed by atoms with van der Waals surface area (Å²) in [5, 5.41) is 0. The first-order chi connectivity index (χ1) is 2.00. The molecule has 0 saturated heterocycles. The van der Waals surface area contributed by atoms with Crippen LogP contribution in [-0.2, 0) is 32.1 Å². The quantitative estimate of drug-likeness (QED) is 0.229. The van der Waals surface area contributed by atoms with E-state index >= 15 is 0 Å². The number of hydrogen-bond acceptors (Lipinski definition) is 4. The molecule has 0 aliphatic heterocycles. The van der Waals surface area contributed by atoms with Crippen molar-refractivity contribution in [1.82, 2.24) is 0 Å². The van der Waals surface area contributed by atoms with Crippen LogP contribution in [0.4, 0.5) is 0 Å². The maximum atomic E-state index is 8.52. The third-order valence-corrected chi connectivity index (χ3v) is 0. The molecule has 7 heavy (non-hydrogen) atoms. The molecule has 0 unspecified atom stereocenters. The number of rotatable bonds is 0. The van der Waals surface area contributed by atoms with E-state index in [4.69, 9.17) is 17.5 Å². The van der Waals surface area contributed by atoms with Gasteiger partial charge in [0.15, 0.2) is 0 Å². The van der Waals surface area contributed by atoms with Crippen molar-refractivity contribution in [1.29, 1.82) is 0 Å². The molecule has 0 rings (SSSR count). The molecule has 2 N–H and O–H groups in total. The zero-order chi connectivity index (χ0) is 4.50. The molecular weight excluding hydrogens is 160 g/mol. The average Bonchev–Trinajstić information content (AvgIpc) is 0.722. The molecule has 0 heterocycles. The van der Waals surface area contributed by atoms with Crippen LogP contribution in [0, 0.1) is 0 Å². The summed E-state index contributed by atoms with van der Waals surface area (Å²) in [5.74, 6) is 0. The molecule has 0 aromatic rings. The van der Waals surface area contributed by atoms with E-state index in [0.717, 1.165) is 0 Å². The Morgan fingerprint density at radius 3 is 1.14 bits per heavy atom. The second-order valence-electron chi connectivity index (χ2n) is 0.408. The summed E-state index contributed by atoms with van der Waals surface area (Å²) in [6.45, 7) is 0. The maximum absolute atomic E-state index is 8.52. The molecule has 0 aromatic heterocycles. The minimum absolute atomic E-state index is 0. The van der Waals surface area contributed by atoms with Crippen molar-refractivity contribution >= 4 is 10.4 Å². The third-order valence-electron chi connectivity index (χ3n) is 0. The average molecular weight is 162 g/mol. The van der Waals surface area contributed by atoms with E-state index < -0.39 is 10.4 Å². The van der Waals surface area contributed by atoms with Gasteiger partial charge < -0.3 is 14.6 Å². The first-order valence-electron chi connectivity index (χ1n) is 0.667. The molecule has 0 atom stereocenters. The predicted molar refractivity (Wildman–Crippen MR) is 14.1 cm³/mol. The van der Waals surface area contributed by atoms with Gasteiger partial charge in [-0.2, -0.15) is 0 Å². The Kier molecular flexibility index (Phi) is 10.5. The minimum atomic E-state index is -5.17. The summed E-state index contributed by atoms with van der Waals surface area (Å²) < 4.78 is 34.1. The molecule has 7 heteroatoms. The van der Waals surface area contributed by atoms with Gasteiger partial charge in [0.25, 0.3) is 0 Å². The summed E-state index contributed by atoms with van der Waals surface area (Å²) in [6, 6.07) is 0. The van der Waals surface area contributed by atoms with E-state index in [9.17, 15) is 0 Å². The summed E-state index contributed by atoms with van der Waals surface area (Å²) in [7, 11) is -5.17. The second-order valence-corrected chi connectivity index (χ2v) is 1.22. The Morgan fingerprint density at radius 1 is 1.14 bits per heavy atom. The normalized spacial score (nSPS) is 8.29. The summed E-state index contributed by atoms with van der Waals surface area (Å²) in [6.07, 6.45) is 0. The summed E-state index contributed by atoms with van der Waals surface area (Å²) >= 11 is 0. The molecule has 0 aliphatic carbocycles. The molecule has 0 aromatic carbocycles. The van der Waals surface area contributed by atoms with Crippen molar-refractivity contribution in [2.45, 2.75) is 0 Å². The molecule has 0 radical (unpaired) electrons. The SMILES string of the molecule is O.O=S(=O)([O-])[O-].[Ti+4]. The van der Waals surface area contributed by atoms with Gasteiger partial charge in [-0.15, -0.1) is 0 Å². The van der Waals surface area contributed by atoms with Gasteiger partial charge in [0.05, 0.1) is 0 Å². The number of hydrogen-bond donors (Lipinski definition) is 0. The van der Waals surface area contributed by atoms with Crippen molar-refractivity contribution in [2.24, 2.45) is 0 Å². The van der Waals surface area contributed by atoms with Crippen LogP contribution in [0.3, 0.4) is 0 Å². The zero-order valence-corrected chi connectivity index (χ0v) is 5.42. The van der Waals surface area contributed by atoms with Crippen LogP contribution < -0.4 is 0 Å². The van der Waals surface area contributed by atoms with E-state index in [-0.39, 0.29) is 27.2 Å². The van der Waals surface area contributed by atoms with Gasteiger partial charge in [0, 0.05) is 10.4 Å². The smallest absolute Gasteiger partial charge is 0.759 e. The minimum Gasteiger partial charge on any atom is -0.759 e. The van der Waals surface area contributed by atoms with Crippen LogP contribution in [0.5, 0.6) is 0 Å². The van der Waals surface area contributed by atoms with Gasteiger partial charge in [0.1, 0.15) is 0 Å².